The number of hydrogen-bond donors (Lipinski definition) is 2. The number of nitrogens with one attached hydrogen (secondary N) is 1. The van der Waals surface area contributed by atoms with Crippen LogP contribution in [0.1, 0.15) is 35.9 Å². The average Bonchev–Trinajstić information content (AvgIpc) is 2.65. The zero-order chi connectivity index (χ0) is 13.7. The molecule has 0 aliphatic heterocycles. The van der Waals surface area contributed by atoms with Gasteiger partial charge in [-0.1, -0.05) is 6.92 Å². The lowest BCUT2D eigenvalue weighted by Gasteiger charge is -2.08. The maximum absolute atomic E-state index is 11.8. The molecule has 100 valence electrons. The molecular formula is C13H20N2O3. The number of aliphatic carboxylic acids is 1. The van der Waals surface area contributed by atoms with E-state index in [4.69, 9.17) is 5.11 Å². The minimum atomic E-state index is -0.792. The van der Waals surface area contributed by atoms with Crippen molar-refractivity contribution >= 4 is 11.9 Å². The molecule has 1 aromatic heterocycles. The fourth-order valence-corrected chi connectivity index (χ4v) is 1.67. The first-order chi connectivity index (χ1) is 8.43. The fourth-order valence-electron chi connectivity index (χ4n) is 1.67. The first-order valence-electron chi connectivity index (χ1n) is 6.06. The van der Waals surface area contributed by atoms with Crippen LogP contribution in [0.4, 0.5) is 0 Å². The van der Waals surface area contributed by atoms with E-state index in [1.165, 1.54) is 0 Å². The molecule has 18 heavy (non-hydrogen) atoms. The second kappa shape index (κ2) is 6.23. The number of nitrogens with zero attached hydrogens (tertiary/aromatic N) is 1. The molecule has 2 N–H and O–H groups in total. The molecule has 0 saturated heterocycles. The molecule has 0 aliphatic rings. The number of hydrogen-bond acceptors (Lipinski definition) is 2. The van der Waals surface area contributed by atoms with Crippen LogP contribution in [0.5, 0.6) is 0 Å². The Hall–Kier alpha value is -1.78. The second-order valence-electron chi connectivity index (χ2n) is 4.56. The van der Waals surface area contributed by atoms with Crippen molar-refractivity contribution in [3.63, 3.8) is 0 Å². The minimum absolute atomic E-state index is 0.117. The average molecular weight is 252 g/mol. The fraction of sp³-hybridized carbons (Fsp3) is 0.538. The summed E-state index contributed by atoms with van der Waals surface area (Å²) in [7, 11) is 1.84. The van der Waals surface area contributed by atoms with Gasteiger partial charge in [-0.25, -0.2) is 0 Å². The van der Waals surface area contributed by atoms with Crippen molar-refractivity contribution in [3.8, 4) is 0 Å². The summed E-state index contributed by atoms with van der Waals surface area (Å²) in [6.45, 7) is 4.11. The summed E-state index contributed by atoms with van der Waals surface area (Å²) >= 11 is 0. The van der Waals surface area contributed by atoms with Gasteiger partial charge >= 0.3 is 5.97 Å². The quantitative estimate of drug-likeness (QED) is 0.755. The SMILES string of the molecule is Cc1ccc(C(=O)NCCCC(C)C(=O)O)n1C. The molecule has 0 fully saturated rings. The smallest absolute Gasteiger partial charge is 0.306 e. The number of rotatable bonds is 6. The van der Waals surface area contributed by atoms with Gasteiger partial charge in [0.1, 0.15) is 5.69 Å². The Kier molecular flexibility index (Phi) is 4.95. The molecule has 1 rings (SSSR count). The van der Waals surface area contributed by atoms with Crippen LogP contribution in [0, 0.1) is 12.8 Å². The summed E-state index contributed by atoms with van der Waals surface area (Å²) in [6.07, 6.45) is 1.24. The highest BCUT2D eigenvalue weighted by atomic mass is 16.4. The van der Waals surface area contributed by atoms with Gasteiger partial charge in [-0.15, -0.1) is 0 Å². The molecule has 5 heteroatoms. The Labute approximate surface area is 107 Å². The largest absolute Gasteiger partial charge is 0.481 e. The van der Waals surface area contributed by atoms with Gasteiger partial charge in [0.05, 0.1) is 5.92 Å². The lowest BCUT2D eigenvalue weighted by molar-refractivity contribution is -0.141. The molecule has 0 saturated carbocycles. The standard InChI is InChI=1S/C13H20N2O3/c1-9(13(17)18)5-4-8-14-12(16)11-7-6-10(2)15(11)3/h6-7,9H,4-5,8H2,1-3H3,(H,14,16)(H,17,18). The molecule has 1 amide bonds. The number of amides is 1. The first-order valence-corrected chi connectivity index (χ1v) is 6.06. The number of carboxylic acid groups (broad SMARTS) is 1. The van der Waals surface area contributed by atoms with Gasteiger partial charge in [-0.3, -0.25) is 9.59 Å². The number of carboxylic acids is 1. The van der Waals surface area contributed by atoms with E-state index in [1.54, 1.807) is 13.0 Å². The summed E-state index contributed by atoms with van der Waals surface area (Å²) in [4.78, 5) is 22.4. The summed E-state index contributed by atoms with van der Waals surface area (Å²) in [5, 5.41) is 11.5. The van der Waals surface area contributed by atoms with Crippen molar-refractivity contribution in [3.05, 3.63) is 23.5 Å². The van der Waals surface area contributed by atoms with E-state index in [9.17, 15) is 9.59 Å². The van der Waals surface area contributed by atoms with Gasteiger partial charge in [-0.05, 0) is 31.9 Å². The van der Waals surface area contributed by atoms with Crippen molar-refractivity contribution in [2.75, 3.05) is 6.54 Å². The second-order valence-corrected chi connectivity index (χ2v) is 4.56. The predicted molar refractivity (Wildman–Crippen MR) is 68.5 cm³/mol. The van der Waals surface area contributed by atoms with E-state index >= 15 is 0 Å². The molecule has 1 atom stereocenters. The molecule has 0 aliphatic carbocycles. The Morgan fingerprint density at radius 1 is 1.44 bits per heavy atom. The van der Waals surface area contributed by atoms with Crippen LogP contribution in [0.15, 0.2) is 12.1 Å². The van der Waals surface area contributed by atoms with Crippen LogP contribution in [0.25, 0.3) is 0 Å². The highest BCUT2D eigenvalue weighted by Crippen LogP contribution is 2.07. The third kappa shape index (κ3) is 3.61. The number of aromatic nitrogens is 1. The molecule has 1 unspecified atom stereocenters. The van der Waals surface area contributed by atoms with Crippen molar-refractivity contribution < 1.29 is 14.7 Å². The summed E-state index contributed by atoms with van der Waals surface area (Å²) in [5.74, 6) is -1.27. The minimum Gasteiger partial charge on any atom is -0.481 e. The van der Waals surface area contributed by atoms with Crippen LogP contribution in [-0.2, 0) is 11.8 Å². The molecule has 0 bridgehead atoms. The predicted octanol–water partition coefficient (Wildman–Crippen LogP) is 1.56. The van der Waals surface area contributed by atoms with E-state index in [1.807, 2.05) is 24.6 Å². The van der Waals surface area contributed by atoms with Crippen molar-refractivity contribution in [1.82, 2.24) is 9.88 Å². The van der Waals surface area contributed by atoms with Crippen molar-refractivity contribution in [2.24, 2.45) is 13.0 Å². The topological polar surface area (TPSA) is 71.3 Å². The number of aryl methyl sites for hydroxylation is 1. The van der Waals surface area contributed by atoms with E-state index in [2.05, 4.69) is 5.32 Å². The normalized spacial score (nSPS) is 12.2. The van der Waals surface area contributed by atoms with Crippen LogP contribution in [0.3, 0.4) is 0 Å². The van der Waals surface area contributed by atoms with Gasteiger partial charge in [0, 0.05) is 19.3 Å². The number of carbonyl (C=O) groups excluding carboxylic acids is 1. The third-order valence-corrected chi connectivity index (χ3v) is 3.13. The third-order valence-electron chi connectivity index (χ3n) is 3.13. The maximum Gasteiger partial charge on any atom is 0.306 e. The zero-order valence-corrected chi connectivity index (χ0v) is 11.1. The van der Waals surface area contributed by atoms with E-state index < -0.39 is 5.97 Å². The van der Waals surface area contributed by atoms with Crippen LogP contribution < -0.4 is 5.32 Å². The molecule has 0 spiro atoms. The first kappa shape index (κ1) is 14.3. The van der Waals surface area contributed by atoms with E-state index in [0.29, 0.717) is 25.1 Å². The van der Waals surface area contributed by atoms with Gasteiger partial charge in [-0.2, -0.15) is 0 Å². The summed E-state index contributed by atoms with van der Waals surface area (Å²) in [6, 6.07) is 3.67. The summed E-state index contributed by atoms with van der Waals surface area (Å²) in [5.41, 5.74) is 1.65. The zero-order valence-electron chi connectivity index (χ0n) is 11.1. The van der Waals surface area contributed by atoms with Gasteiger partial charge in [0.2, 0.25) is 0 Å². The van der Waals surface area contributed by atoms with Crippen LogP contribution in [-0.4, -0.2) is 28.1 Å². The molecule has 1 aromatic rings. The van der Waals surface area contributed by atoms with E-state index in [0.717, 1.165) is 5.69 Å². The van der Waals surface area contributed by atoms with Crippen molar-refractivity contribution in [2.45, 2.75) is 26.7 Å². The van der Waals surface area contributed by atoms with Gasteiger partial charge in [0.25, 0.3) is 5.91 Å². The Balaban J connectivity index is 2.34. The van der Waals surface area contributed by atoms with Gasteiger partial charge < -0.3 is 15.0 Å². The Morgan fingerprint density at radius 3 is 2.61 bits per heavy atom. The lowest BCUT2D eigenvalue weighted by atomic mass is 10.1. The molecular weight excluding hydrogens is 232 g/mol. The Bertz CT molecular complexity index is 437. The molecule has 0 radical (unpaired) electrons. The lowest BCUT2D eigenvalue weighted by Crippen LogP contribution is -2.27. The van der Waals surface area contributed by atoms with E-state index in [-0.39, 0.29) is 11.8 Å². The monoisotopic (exact) mass is 252 g/mol. The highest BCUT2D eigenvalue weighted by Gasteiger charge is 2.12. The highest BCUT2D eigenvalue weighted by molar-refractivity contribution is 5.92. The van der Waals surface area contributed by atoms with Gasteiger partial charge in [0.15, 0.2) is 0 Å². The van der Waals surface area contributed by atoms with Crippen molar-refractivity contribution in [1.29, 1.82) is 0 Å². The van der Waals surface area contributed by atoms with Crippen LogP contribution >= 0.6 is 0 Å². The number of carbonyl (C=O) groups is 2. The summed E-state index contributed by atoms with van der Waals surface area (Å²) < 4.78 is 1.83. The Morgan fingerprint density at radius 2 is 2.11 bits per heavy atom. The maximum atomic E-state index is 11.8. The van der Waals surface area contributed by atoms with Crippen LogP contribution in [0.2, 0.25) is 0 Å². The molecule has 0 aromatic carbocycles. The molecule has 5 nitrogen and oxygen atoms in total. The molecule has 1 heterocycles.